The molecule has 5 heteroatoms. The maximum atomic E-state index is 11.7. The van der Waals surface area contributed by atoms with Crippen LogP contribution < -0.4 is 10.1 Å². The summed E-state index contributed by atoms with van der Waals surface area (Å²) in [5.41, 5.74) is 0. The van der Waals surface area contributed by atoms with Crippen molar-refractivity contribution < 1.29 is 14.6 Å². The van der Waals surface area contributed by atoms with Gasteiger partial charge >= 0.3 is 0 Å². The molecule has 1 saturated carbocycles. The summed E-state index contributed by atoms with van der Waals surface area (Å²) in [6, 6.07) is 7.88. The Balaban J connectivity index is 1.70. The second kappa shape index (κ2) is 6.82. The third kappa shape index (κ3) is 4.44. The summed E-state index contributed by atoms with van der Waals surface area (Å²) in [6.45, 7) is 2.60. The highest BCUT2D eigenvalue weighted by Crippen LogP contribution is 2.22. The lowest BCUT2D eigenvalue weighted by Crippen LogP contribution is -2.47. The lowest BCUT2D eigenvalue weighted by atomic mass is 9.89. The minimum Gasteiger partial charge on any atom is -0.494 e. The fraction of sp³-hybridized carbons (Fsp3) is 0.500. The second-order valence-electron chi connectivity index (χ2n) is 4.58. The van der Waals surface area contributed by atoms with E-state index in [1.54, 1.807) is 0 Å². The van der Waals surface area contributed by atoms with Crippen molar-refractivity contribution in [2.45, 2.75) is 36.8 Å². The highest BCUT2D eigenvalue weighted by molar-refractivity contribution is 8.00. The van der Waals surface area contributed by atoms with E-state index in [0.29, 0.717) is 25.2 Å². The zero-order valence-electron chi connectivity index (χ0n) is 11.0. The third-order valence-corrected chi connectivity index (χ3v) is 3.99. The topological polar surface area (TPSA) is 58.6 Å². The SMILES string of the molecule is CCOc1ccc(SCC(=O)NC2CC(O)C2)cc1. The number of hydrogen-bond acceptors (Lipinski definition) is 4. The van der Waals surface area contributed by atoms with Crippen LogP contribution in [0.2, 0.25) is 0 Å². The van der Waals surface area contributed by atoms with Crippen molar-refractivity contribution >= 4 is 17.7 Å². The van der Waals surface area contributed by atoms with Crippen LogP contribution in [0.5, 0.6) is 5.75 Å². The molecule has 0 spiro atoms. The van der Waals surface area contributed by atoms with Crippen LogP contribution in [0.15, 0.2) is 29.2 Å². The number of hydrogen-bond donors (Lipinski definition) is 2. The maximum Gasteiger partial charge on any atom is 0.230 e. The largest absolute Gasteiger partial charge is 0.494 e. The molecule has 1 aromatic rings. The van der Waals surface area contributed by atoms with Crippen molar-refractivity contribution in [3.05, 3.63) is 24.3 Å². The van der Waals surface area contributed by atoms with Crippen LogP contribution in [-0.2, 0) is 4.79 Å². The molecule has 1 fully saturated rings. The summed E-state index contributed by atoms with van der Waals surface area (Å²) in [5.74, 6) is 1.27. The molecule has 1 amide bonds. The average molecular weight is 281 g/mol. The molecule has 0 atom stereocenters. The molecule has 1 aliphatic rings. The van der Waals surface area contributed by atoms with Gasteiger partial charge in [-0.3, -0.25) is 4.79 Å². The van der Waals surface area contributed by atoms with Crippen molar-refractivity contribution in [3.8, 4) is 5.75 Å². The van der Waals surface area contributed by atoms with E-state index in [9.17, 15) is 4.79 Å². The molecule has 4 nitrogen and oxygen atoms in total. The standard InChI is InChI=1S/C14H19NO3S/c1-2-18-12-3-5-13(6-4-12)19-9-14(17)15-10-7-11(16)8-10/h3-6,10-11,16H,2,7-9H2,1H3,(H,15,17). The van der Waals surface area contributed by atoms with Crippen LogP contribution in [0.1, 0.15) is 19.8 Å². The molecule has 0 bridgehead atoms. The number of aliphatic hydroxyl groups is 1. The van der Waals surface area contributed by atoms with E-state index in [0.717, 1.165) is 10.6 Å². The molecule has 0 heterocycles. The van der Waals surface area contributed by atoms with Gasteiger partial charge in [0.25, 0.3) is 0 Å². The Bertz CT molecular complexity index is 415. The summed E-state index contributed by atoms with van der Waals surface area (Å²) >= 11 is 1.50. The molecule has 2 rings (SSSR count). The lowest BCUT2D eigenvalue weighted by Gasteiger charge is -2.31. The van der Waals surface area contributed by atoms with Crippen molar-refractivity contribution in [3.63, 3.8) is 0 Å². The second-order valence-corrected chi connectivity index (χ2v) is 5.63. The van der Waals surface area contributed by atoms with Crippen molar-refractivity contribution in [1.29, 1.82) is 0 Å². The number of aliphatic hydroxyl groups excluding tert-OH is 1. The van der Waals surface area contributed by atoms with E-state index in [2.05, 4.69) is 5.32 Å². The molecule has 19 heavy (non-hydrogen) atoms. The van der Waals surface area contributed by atoms with Gasteiger partial charge in [-0.2, -0.15) is 0 Å². The van der Waals surface area contributed by atoms with E-state index in [1.165, 1.54) is 11.8 Å². The highest BCUT2D eigenvalue weighted by Gasteiger charge is 2.28. The van der Waals surface area contributed by atoms with Gasteiger partial charge in [0.2, 0.25) is 5.91 Å². The van der Waals surface area contributed by atoms with Crippen LogP contribution in [0.25, 0.3) is 0 Å². The van der Waals surface area contributed by atoms with Crippen LogP contribution in [0.4, 0.5) is 0 Å². The highest BCUT2D eigenvalue weighted by atomic mass is 32.2. The Labute approximate surface area is 117 Å². The van der Waals surface area contributed by atoms with E-state index >= 15 is 0 Å². The van der Waals surface area contributed by atoms with Gasteiger partial charge in [0, 0.05) is 10.9 Å². The molecule has 0 radical (unpaired) electrons. The van der Waals surface area contributed by atoms with Crippen LogP contribution >= 0.6 is 11.8 Å². The Kier molecular flexibility index (Phi) is 5.10. The van der Waals surface area contributed by atoms with Gasteiger partial charge in [-0.15, -0.1) is 11.8 Å². The lowest BCUT2D eigenvalue weighted by molar-refractivity contribution is -0.120. The fourth-order valence-electron chi connectivity index (χ4n) is 1.92. The third-order valence-electron chi connectivity index (χ3n) is 2.98. The van der Waals surface area contributed by atoms with E-state index < -0.39 is 0 Å². The van der Waals surface area contributed by atoms with Gasteiger partial charge in [-0.1, -0.05) is 0 Å². The molecule has 0 aliphatic heterocycles. The van der Waals surface area contributed by atoms with E-state index in [-0.39, 0.29) is 18.1 Å². The first-order valence-electron chi connectivity index (χ1n) is 6.50. The average Bonchev–Trinajstić information content (AvgIpc) is 2.36. The quantitative estimate of drug-likeness (QED) is 0.781. The van der Waals surface area contributed by atoms with Crippen LogP contribution in [-0.4, -0.2) is 35.5 Å². The fourth-order valence-corrected chi connectivity index (χ4v) is 2.63. The monoisotopic (exact) mass is 281 g/mol. The minimum atomic E-state index is -0.232. The predicted octanol–water partition coefficient (Wildman–Crippen LogP) is 1.82. The number of nitrogens with one attached hydrogen (secondary N) is 1. The van der Waals surface area contributed by atoms with E-state index in [1.807, 2.05) is 31.2 Å². The summed E-state index contributed by atoms with van der Waals surface area (Å²) in [6.07, 6.45) is 1.13. The molecule has 0 unspecified atom stereocenters. The zero-order valence-corrected chi connectivity index (χ0v) is 11.8. The molecule has 2 N–H and O–H groups in total. The number of ether oxygens (including phenoxy) is 1. The van der Waals surface area contributed by atoms with Crippen LogP contribution in [0.3, 0.4) is 0 Å². The number of thioether (sulfide) groups is 1. The molecular formula is C14H19NO3S. The number of rotatable bonds is 6. The molecule has 0 aromatic heterocycles. The van der Waals surface area contributed by atoms with Gasteiger partial charge in [0.1, 0.15) is 5.75 Å². The zero-order chi connectivity index (χ0) is 13.7. The van der Waals surface area contributed by atoms with E-state index in [4.69, 9.17) is 9.84 Å². The van der Waals surface area contributed by atoms with Gasteiger partial charge in [-0.05, 0) is 44.0 Å². The van der Waals surface area contributed by atoms with Crippen molar-refractivity contribution in [1.82, 2.24) is 5.32 Å². The first-order chi connectivity index (χ1) is 9.17. The molecule has 1 aliphatic carbocycles. The summed E-state index contributed by atoms with van der Waals surface area (Å²) in [5, 5.41) is 12.0. The Hall–Kier alpha value is -1.20. The number of carbonyl (C=O) groups is 1. The predicted molar refractivity (Wildman–Crippen MR) is 75.5 cm³/mol. The minimum absolute atomic E-state index is 0.0239. The van der Waals surface area contributed by atoms with Crippen LogP contribution in [0, 0.1) is 0 Å². The normalized spacial score (nSPS) is 21.6. The van der Waals surface area contributed by atoms with Crippen molar-refractivity contribution in [2.75, 3.05) is 12.4 Å². The maximum absolute atomic E-state index is 11.7. The summed E-state index contributed by atoms with van der Waals surface area (Å²) < 4.78 is 5.36. The molecule has 0 saturated heterocycles. The van der Waals surface area contributed by atoms with Gasteiger partial charge in [0.15, 0.2) is 0 Å². The molecule has 104 valence electrons. The number of benzene rings is 1. The van der Waals surface area contributed by atoms with Gasteiger partial charge in [-0.25, -0.2) is 0 Å². The van der Waals surface area contributed by atoms with Gasteiger partial charge in [0.05, 0.1) is 18.5 Å². The van der Waals surface area contributed by atoms with Crippen molar-refractivity contribution in [2.24, 2.45) is 0 Å². The van der Waals surface area contributed by atoms with Gasteiger partial charge < -0.3 is 15.2 Å². The summed E-state index contributed by atoms with van der Waals surface area (Å²) in [7, 11) is 0. The number of carbonyl (C=O) groups excluding carboxylic acids is 1. The first kappa shape index (κ1) is 14.2. The molecule has 1 aromatic carbocycles. The number of amides is 1. The Morgan fingerprint density at radius 1 is 1.42 bits per heavy atom. The summed E-state index contributed by atoms with van der Waals surface area (Å²) in [4.78, 5) is 12.7. The smallest absolute Gasteiger partial charge is 0.230 e. The Morgan fingerprint density at radius 3 is 2.68 bits per heavy atom. The Morgan fingerprint density at radius 2 is 2.11 bits per heavy atom. The molecular weight excluding hydrogens is 262 g/mol. The first-order valence-corrected chi connectivity index (χ1v) is 7.49.